The van der Waals surface area contributed by atoms with E-state index in [1.165, 1.54) is 12.1 Å². The van der Waals surface area contributed by atoms with Gasteiger partial charge < -0.3 is 10.4 Å². The first-order chi connectivity index (χ1) is 7.18. The molecule has 2 atom stereocenters. The van der Waals surface area contributed by atoms with Crippen LogP contribution in [0.4, 0.5) is 4.39 Å². The van der Waals surface area contributed by atoms with Crippen LogP contribution in [0.2, 0.25) is 0 Å². The Kier molecular flexibility index (Phi) is 2.68. The number of carboxylic acids is 1. The fourth-order valence-corrected chi connectivity index (χ4v) is 1.99. The average molecular weight is 209 g/mol. The number of carbonyl (C=O) groups is 1. The molecule has 0 radical (unpaired) electrons. The highest BCUT2D eigenvalue weighted by molar-refractivity contribution is 5.71. The van der Waals surface area contributed by atoms with Crippen LogP contribution in [-0.2, 0) is 4.79 Å². The minimum Gasteiger partial charge on any atom is -0.481 e. The Balaban J connectivity index is 2.22. The van der Waals surface area contributed by atoms with Gasteiger partial charge in [0.2, 0.25) is 0 Å². The first kappa shape index (κ1) is 10.1. The summed E-state index contributed by atoms with van der Waals surface area (Å²) in [5.41, 5.74) is 0.835. The van der Waals surface area contributed by atoms with Crippen molar-refractivity contribution in [2.45, 2.75) is 12.5 Å². The molecular weight excluding hydrogens is 197 g/mol. The molecule has 80 valence electrons. The molecule has 2 rings (SSSR count). The number of benzene rings is 1. The van der Waals surface area contributed by atoms with Gasteiger partial charge in [-0.05, 0) is 30.7 Å². The zero-order chi connectivity index (χ0) is 10.8. The van der Waals surface area contributed by atoms with Gasteiger partial charge in [0.25, 0.3) is 0 Å². The first-order valence-corrected chi connectivity index (χ1v) is 4.90. The van der Waals surface area contributed by atoms with Crippen molar-refractivity contribution in [1.29, 1.82) is 0 Å². The topological polar surface area (TPSA) is 49.3 Å². The third kappa shape index (κ3) is 1.99. The maximum atomic E-state index is 12.7. The van der Waals surface area contributed by atoms with Gasteiger partial charge in [0.15, 0.2) is 0 Å². The van der Waals surface area contributed by atoms with Crippen LogP contribution in [0.5, 0.6) is 0 Å². The van der Waals surface area contributed by atoms with E-state index in [-0.39, 0.29) is 11.9 Å². The highest BCUT2D eigenvalue weighted by Crippen LogP contribution is 2.29. The van der Waals surface area contributed by atoms with Gasteiger partial charge in [0.05, 0.1) is 5.92 Å². The van der Waals surface area contributed by atoms with Gasteiger partial charge in [-0.25, -0.2) is 4.39 Å². The van der Waals surface area contributed by atoms with Crippen molar-refractivity contribution in [2.24, 2.45) is 5.92 Å². The van der Waals surface area contributed by atoms with Crippen LogP contribution in [0.25, 0.3) is 0 Å². The zero-order valence-corrected chi connectivity index (χ0v) is 8.11. The second kappa shape index (κ2) is 3.98. The standard InChI is InChI=1S/C11H12FNO2/c12-8-3-1-7(2-4-8)10-9(11(14)15)5-6-13-10/h1-4,9-10,13H,5-6H2,(H,14,15). The maximum Gasteiger partial charge on any atom is 0.308 e. The van der Waals surface area contributed by atoms with E-state index in [2.05, 4.69) is 5.32 Å². The Morgan fingerprint density at radius 2 is 2.07 bits per heavy atom. The quantitative estimate of drug-likeness (QED) is 0.777. The molecule has 1 heterocycles. The summed E-state index contributed by atoms with van der Waals surface area (Å²) in [4.78, 5) is 10.9. The number of halogens is 1. The molecule has 0 aromatic heterocycles. The molecule has 1 fully saturated rings. The van der Waals surface area contributed by atoms with Gasteiger partial charge in [0, 0.05) is 6.04 Å². The van der Waals surface area contributed by atoms with E-state index < -0.39 is 11.9 Å². The molecular formula is C11H12FNO2. The van der Waals surface area contributed by atoms with Crippen LogP contribution >= 0.6 is 0 Å². The minimum atomic E-state index is -0.797. The molecule has 0 aliphatic carbocycles. The van der Waals surface area contributed by atoms with E-state index in [0.29, 0.717) is 13.0 Å². The van der Waals surface area contributed by atoms with Crippen LogP contribution in [-0.4, -0.2) is 17.6 Å². The van der Waals surface area contributed by atoms with Gasteiger partial charge in [-0.2, -0.15) is 0 Å². The van der Waals surface area contributed by atoms with Crippen molar-refractivity contribution in [3.05, 3.63) is 35.6 Å². The summed E-state index contributed by atoms with van der Waals surface area (Å²) in [6.45, 7) is 0.693. The normalized spacial score (nSPS) is 25.4. The van der Waals surface area contributed by atoms with Crippen molar-refractivity contribution < 1.29 is 14.3 Å². The minimum absolute atomic E-state index is 0.192. The Bertz CT molecular complexity index is 363. The van der Waals surface area contributed by atoms with E-state index in [9.17, 15) is 9.18 Å². The van der Waals surface area contributed by atoms with Crippen molar-refractivity contribution in [3.63, 3.8) is 0 Å². The number of hydrogen-bond acceptors (Lipinski definition) is 2. The lowest BCUT2D eigenvalue weighted by atomic mass is 9.94. The first-order valence-electron chi connectivity index (χ1n) is 4.90. The second-order valence-corrected chi connectivity index (χ2v) is 3.72. The summed E-state index contributed by atoms with van der Waals surface area (Å²) in [5.74, 6) is -1.51. The van der Waals surface area contributed by atoms with E-state index in [1.807, 2.05) is 0 Å². The Morgan fingerprint density at radius 3 is 2.67 bits per heavy atom. The molecule has 0 spiro atoms. The van der Waals surface area contributed by atoms with E-state index in [1.54, 1.807) is 12.1 Å². The lowest BCUT2D eigenvalue weighted by Gasteiger charge is -2.16. The molecule has 0 bridgehead atoms. The molecule has 1 aromatic rings. The molecule has 1 aliphatic rings. The van der Waals surface area contributed by atoms with E-state index in [4.69, 9.17) is 5.11 Å². The monoisotopic (exact) mass is 209 g/mol. The molecule has 1 aromatic carbocycles. The van der Waals surface area contributed by atoms with E-state index in [0.717, 1.165) is 5.56 Å². The van der Waals surface area contributed by atoms with Crippen LogP contribution in [0.3, 0.4) is 0 Å². The van der Waals surface area contributed by atoms with Gasteiger partial charge in [-0.1, -0.05) is 12.1 Å². The summed E-state index contributed by atoms with van der Waals surface area (Å²) in [7, 11) is 0. The Hall–Kier alpha value is -1.42. The summed E-state index contributed by atoms with van der Waals surface area (Å²) in [5, 5.41) is 12.1. The lowest BCUT2D eigenvalue weighted by molar-refractivity contribution is -0.142. The van der Waals surface area contributed by atoms with Gasteiger partial charge in [-0.15, -0.1) is 0 Å². The molecule has 3 nitrogen and oxygen atoms in total. The fourth-order valence-electron chi connectivity index (χ4n) is 1.99. The average Bonchev–Trinajstić information content (AvgIpc) is 2.67. The summed E-state index contributed by atoms with van der Waals surface area (Å²) in [6, 6.07) is 5.79. The van der Waals surface area contributed by atoms with Crippen LogP contribution in [0, 0.1) is 11.7 Å². The number of aliphatic carboxylic acids is 1. The van der Waals surface area contributed by atoms with Crippen molar-refractivity contribution in [2.75, 3.05) is 6.54 Å². The van der Waals surface area contributed by atoms with Crippen LogP contribution < -0.4 is 5.32 Å². The van der Waals surface area contributed by atoms with Crippen LogP contribution in [0.15, 0.2) is 24.3 Å². The number of carboxylic acid groups (broad SMARTS) is 1. The maximum absolute atomic E-state index is 12.7. The van der Waals surface area contributed by atoms with Crippen molar-refractivity contribution >= 4 is 5.97 Å². The largest absolute Gasteiger partial charge is 0.481 e. The van der Waals surface area contributed by atoms with E-state index >= 15 is 0 Å². The predicted molar refractivity (Wildman–Crippen MR) is 52.9 cm³/mol. The highest BCUT2D eigenvalue weighted by atomic mass is 19.1. The zero-order valence-electron chi connectivity index (χ0n) is 8.11. The molecule has 1 saturated heterocycles. The van der Waals surface area contributed by atoms with Crippen molar-refractivity contribution in [1.82, 2.24) is 5.32 Å². The number of hydrogen-bond donors (Lipinski definition) is 2. The molecule has 15 heavy (non-hydrogen) atoms. The Labute approximate surface area is 86.9 Å². The lowest BCUT2D eigenvalue weighted by Crippen LogP contribution is -2.23. The number of rotatable bonds is 2. The molecule has 2 N–H and O–H groups in total. The number of nitrogens with one attached hydrogen (secondary N) is 1. The van der Waals surface area contributed by atoms with Gasteiger partial charge >= 0.3 is 5.97 Å². The third-order valence-corrected chi connectivity index (χ3v) is 2.77. The third-order valence-electron chi connectivity index (χ3n) is 2.77. The molecule has 0 saturated carbocycles. The highest BCUT2D eigenvalue weighted by Gasteiger charge is 2.33. The smallest absolute Gasteiger partial charge is 0.308 e. The van der Waals surface area contributed by atoms with Gasteiger partial charge in [0.1, 0.15) is 5.82 Å². The molecule has 0 amide bonds. The summed E-state index contributed by atoms with van der Waals surface area (Å²) in [6.07, 6.45) is 0.622. The molecule has 2 unspecified atom stereocenters. The predicted octanol–water partition coefficient (Wildman–Crippen LogP) is 1.56. The van der Waals surface area contributed by atoms with Crippen LogP contribution in [0.1, 0.15) is 18.0 Å². The second-order valence-electron chi connectivity index (χ2n) is 3.72. The summed E-state index contributed by atoms with van der Waals surface area (Å²) >= 11 is 0. The fraction of sp³-hybridized carbons (Fsp3) is 0.364. The van der Waals surface area contributed by atoms with Gasteiger partial charge in [-0.3, -0.25) is 4.79 Å². The van der Waals surface area contributed by atoms with Crippen molar-refractivity contribution in [3.8, 4) is 0 Å². The summed E-state index contributed by atoms with van der Waals surface area (Å²) < 4.78 is 12.7. The Morgan fingerprint density at radius 1 is 1.40 bits per heavy atom. The molecule has 4 heteroatoms. The molecule has 1 aliphatic heterocycles. The SMILES string of the molecule is O=C(O)C1CCNC1c1ccc(F)cc1.